The van der Waals surface area contributed by atoms with Crippen molar-refractivity contribution >= 4 is 35.5 Å². The minimum absolute atomic E-state index is 0.0956. The molecule has 3 heterocycles. The van der Waals surface area contributed by atoms with E-state index in [4.69, 9.17) is 11.6 Å². The van der Waals surface area contributed by atoms with Crippen molar-refractivity contribution in [1.82, 2.24) is 4.48 Å². The van der Waals surface area contributed by atoms with Crippen LogP contribution in [0.3, 0.4) is 0 Å². The lowest BCUT2D eigenvalue weighted by Gasteiger charge is -2.29. The Morgan fingerprint density at radius 2 is 1.81 bits per heavy atom. The average molecular weight is 305 g/mol. The van der Waals surface area contributed by atoms with Gasteiger partial charge in [-0.2, -0.15) is 0 Å². The van der Waals surface area contributed by atoms with Crippen molar-refractivity contribution in [3.8, 4) is 0 Å². The first-order valence-corrected chi connectivity index (χ1v) is 7.15. The van der Waals surface area contributed by atoms with E-state index in [1.54, 1.807) is 25.1 Å². The lowest BCUT2D eigenvalue weighted by molar-refractivity contribution is -0.315. The highest BCUT2D eigenvalue weighted by atomic mass is 35.5. The largest absolute Gasteiger partial charge is 0.738 e. The topological polar surface area (TPSA) is 7.94 Å². The number of benzene rings is 1. The van der Waals surface area contributed by atoms with Crippen molar-refractivity contribution in [1.29, 1.82) is 0 Å². The molecule has 2 aliphatic rings. The van der Waals surface area contributed by atoms with E-state index in [2.05, 4.69) is 0 Å². The molecule has 0 saturated heterocycles. The van der Waals surface area contributed by atoms with Crippen molar-refractivity contribution in [3.63, 3.8) is 0 Å². The fourth-order valence-electron chi connectivity index (χ4n) is 3.38. The van der Waals surface area contributed by atoms with Crippen molar-refractivity contribution < 1.29 is 13.1 Å². The molecule has 0 saturated carbocycles. The third kappa shape index (κ3) is 1.44. The van der Waals surface area contributed by atoms with Crippen LogP contribution in [0.25, 0.3) is 11.8 Å². The first-order chi connectivity index (χ1) is 9.93. The molecule has 6 heteroatoms. The molecule has 0 spiro atoms. The van der Waals surface area contributed by atoms with Gasteiger partial charge in [0.2, 0.25) is 5.17 Å². The van der Waals surface area contributed by atoms with E-state index < -0.39 is 6.97 Å². The molecule has 1 aromatic heterocycles. The van der Waals surface area contributed by atoms with Crippen LogP contribution in [-0.4, -0.2) is 21.1 Å². The molecule has 2 aromatic rings. The van der Waals surface area contributed by atoms with Crippen LogP contribution in [0.2, 0.25) is 0 Å². The standard InChI is InChI=1S/C15H12BClF2N2/c1-9-7-10(2)20-13(9)8-14-11-5-3-4-6-12(11)15(17)21(14)16(20,18)19/h3-8H,1-2H3. The monoisotopic (exact) mass is 304 g/mol. The third-order valence-corrected chi connectivity index (χ3v) is 4.65. The Balaban J connectivity index is 2.13. The van der Waals surface area contributed by atoms with Gasteiger partial charge in [0, 0.05) is 11.8 Å². The maximum absolute atomic E-state index is 15.0. The molecule has 0 N–H and O–H groups in total. The van der Waals surface area contributed by atoms with Crippen LogP contribution in [0.4, 0.5) is 8.63 Å². The summed E-state index contributed by atoms with van der Waals surface area (Å²) in [6.07, 6.45) is 1.80. The summed E-state index contributed by atoms with van der Waals surface area (Å²) in [6, 6.07) is 9.03. The van der Waals surface area contributed by atoms with Gasteiger partial charge in [-0.25, -0.2) is 0 Å². The van der Waals surface area contributed by atoms with Crippen molar-refractivity contribution in [2.75, 3.05) is 0 Å². The van der Waals surface area contributed by atoms with Crippen LogP contribution in [0.5, 0.6) is 0 Å². The van der Waals surface area contributed by atoms with E-state index in [0.717, 1.165) is 20.1 Å². The Kier molecular flexibility index (Phi) is 2.36. The Morgan fingerprint density at radius 3 is 2.52 bits per heavy atom. The van der Waals surface area contributed by atoms with Gasteiger partial charge in [-0.15, -0.1) is 0 Å². The van der Waals surface area contributed by atoms with E-state index in [9.17, 15) is 0 Å². The van der Waals surface area contributed by atoms with Gasteiger partial charge in [-0.1, -0.05) is 12.1 Å². The molecule has 4 rings (SSSR count). The molecule has 2 nitrogen and oxygen atoms in total. The van der Waals surface area contributed by atoms with Crippen molar-refractivity contribution in [2.24, 2.45) is 0 Å². The highest BCUT2D eigenvalue weighted by molar-refractivity contribution is 6.72. The zero-order chi connectivity index (χ0) is 14.9. The van der Waals surface area contributed by atoms with Gasteiger partial charge in [0.1, 0.15) is 0 Å². The number of hydrogen-bond acceptors (Lipinski definition) is 0. The number of rotatable bonds is 0. The zero-order valence-electron chi connectivity index (χ0n) is 11.6. The number of aryl methyl sites for hydroxylation is 2. The van der Waals surface area contributed by atoms with Crippen molar-refractivity contribution in [3.05, 3.63) is 58.4 Å². The minimum Gasteiger partial charge on any atom is -0.394 e. The number of halogens is 3. The first-order valence-electron chi connectivity index (χ1n) is 6.77. The van der Waals surface area contributed by atoms with Crippen LogP contribution in [0, 0.1) is 13.8 Å². The molecule has 0 atom stereocenters. The van der Waals surface area contributed by atoms with Crippen LogP contribution in [-0.2, 0) is 0 Å². The fourth-order valence-corrected chi connectivity index (χ4v) is 3.75. The van der Waals surface area contributed by atoms with Gasteiger partial charge >= 0.3 is 6.97 Å². The smallest absolute Gasteiger partial charge is 0.394 e. The minimum atomic E-state index is -3.98. The molecule has 106 valence electrons. The quantitative estimate of drug-likeness (QED) is 0.653. The highest BCUT2D eigenvalue weighted by Crippen LogP contribution is 2.41. The predicted octanol–water partition coefficient (Wildman–Crippen LogP) is 3.85. The maximum atomic E-state index is 15.0. The first kappa shape index (κ1) is 12.8. The van der Waals surface area contributed by atoms with Crippen molar-refractivity contribution in [2.45, 2.75) is 13.8 Å². The number of fused-ring (bicyclic) bond motifs is 4. The molecule has 1 aromatic carbocycles. The molecule has 0 radical (unpaired) electrons. The molecular formula is C15H12BClF2N2. The van der Waals surface area contributed by atoms with E-state index in [1.807, 2.05) is 25.1 Å². The molecule has 0 aliphatic carbocycles. The van der Waals surface area contributed by atoms with Gasteiger partial charge < -0.3 is 17.6 Å². The summed E-state index contributed by atoms with van der Waals surface area (Å²) in [5.74, 6) is 0. The van der Waals surface area contributed by atoms with E-state index in [1.165, 1.54) is 0 Å². The Labute approximate surface area is 126 Å². The summed E-state index contributed by atoms with van der Waals surface area (Å²) < 4.78 is 32.2. The third-order valence-electron chi connectivity index (χ3n) is 4.26. The van der Waals surface area contributed by atoms with E-state index in [0.29, 0.717) is 22.6 Å². The van der Waals surface area contributed by atoms with Gasteiger partial charge in [0.25, 0.3) is 0 Å². The summed E-state index contributed by atoms with van der Waals surface area (Å²) in [5.41, 5.74) is 3.85. The molecule has 0 fully saturated rings. The molecular weight excluding hydrogens is 292 g/mol. The number of hydrogen-bond donors (Lipinski definition) is 0. The summed E-state index contributed by atoms with van der Waals surface area (Å²) in [5, 5.41) is 0.0956. The molecule has 21 heavy (non-hydrogen) atoms. The summed E-state index contributed by atoms with van der Waals surface area (Å²) >= 11 is 6.25. The van der Waals surface area contributed by atoms with Crippen LogP contribution < -0.4 is 0 Å². The van der Waals surface area contributed by atoms with Crippen LogP contribution in [0.1, 0.15) is 28.1 Å². The highest BCUT2D eigenvalue weighted by Gasteiger charge is 2.54. The van der Waals surface area contributed by atoms with Gasteiger partial charge in [-0.3, -0.25) is 0 Å². The van der Waals surface area contributed by atoms with Gasteiger partial charge in [0.15, 0.2) is 5.70 Å². The Bertz CT molecular complexity index is 865. The zero-order valence-corrected chi connectivity index (χ0v) is 12.3. The molecule has 0 bridgehead atoms. The van der Waals surface area contributed by atoms with E-state index >= 15 is 8.63 Å². The maximum Gasteiger partial charge on any atom is 0.738 e. The lowest BCUT2D eigenvalue weighted by atomic mass is 9.90. The Morgan fingerprint density at radius 1 is 1.14 bits per heavy atom. The molecule has 0 amide bonds. The molecule has 0 unspecified atom stereocenters. The van der Waals surface area contributed by atoms with Crippen LogP contribution >= 0.6 is 11.6 Å². The molecule has 2 aliphatic heterocycles. The number of aromatic nitrogens is 1. The van der Waals surface area contributed by atoms with Gasteiger partial charge in [0.05, 0.1) is 11.1 Å². The summed E-state index contributed by atoms with van der Waals surface area (Å²) in [7, 11) is 0. The SMILES string of the molecule is Cc1cc(C)n2c1C=C1c3ccccc3C(Cl)=[N+]1[B-]2(F)F. The van der Waals surface area contributed by atoms with Gasteiger partial charge in [-0.05, 0) is 54.9 Å². The summed E-state index contributed by atoms with van der Waals surface area (Å²) in [4.78, 5) is 0. The Hall–Kier alpha value is -1.88. The second-order valence-electron chi connectivity index (χ2n) is 5.55. The normalized spacial score (nSPS) is 18.2. The second-order valence-corrected chi connectivity index (χ2v) is 5.91. The van der Waals surface area contributed by atoms with Crippen LogP contribution in [0.15, 0.2) is 30.3 Å². The second kappa shape index (κ2) is 3.86. The number of nitrogens with zero attached hydrogens (tertiary/aromatic N) is 2. The summed E-state index contributed by atoms with van der Waals surface area (Å²) in [6.45, 7) is -0.431. The average Bonchev–Trinajstić information content (AvgIpc) is 2.88. The lowest BCUT2D eigenvalue weighted by Crippen LogP contribution is -2.49. The fraction of sp³-hybridized carbons (Fsp3) is 0.133. The predicted molar refractivity (Wildman–Crippen MR) is 81.8 cm³/mol. The van der Waals surface area contributed by atoms with E-state index in [-0.39, 0.29) is 5.17 Å².